The number of rotatable bonds is 2. The maximum atomic E-state index is 12.6. The smallest absolute Gasteiger partial charge is 0.263 e. The minimum Gasteiger partial charge on any atom is -0.314 e. The van der Waals surface area contributed by atoms with Gasteiger partial charge < -0.3 is 5.73 Å². The molecule has 0 saturated heterocycles. The molecule has 1 aromatic heterocycles. The van der Waals surface area contributed by atoms with E-state index in [0.29, 0.717) is 0 Å². The first kappa shape index (κ1) is 12.0. The Morgan fingerprint density at radius 3 is 2.13 bits per heavy atom. The third-order valence-electron chi connectivity index (χ3n) is 1.95. The standard InChI is InChI=1S/C8H15F2N5/c1-7(2,3)15-13-6(12-14-15)8(4,11)5(9)10/h5H,11H2,1-4H3. The third-order valence-corrected chi connectivity index (χ3v) is 1.95. The van der Waals surface area contributed by atoms with Crippen molar-refractivity contribution in [2.75, 3.05) is 0 Å². The van der Waals surface area contributed by atoms with Crippen LogP contribution in [0.25, 0.3) is 0 Å². The van der Waals surface area contributed by atoms with Gasteiger partial charge in [-0.3, -0.25) is 0 Å². The molecule has 1 aromatic rings. The number of alkyl halides is 2. The first-order valence-corrected chi connectivity index (χ1v) is 4.53. The molecule has 0 aromatic carbocycles. The Bertz CT molecular complexity index is 339. The summed E-state index contributed by atoms with van der Waals surface area (Å²) in [6.45, 7) is 6.71. The predicted molar refractivity (Wildman–Crippen MR) is 50.4 cm³/mol. The number of nitrogens with zero attached hydrogens (tertiary/aromatic N) is 4. The maximum absolute atomic E-state index is 12.6. The van der Waals surface area contributed by atoms with Crippen molar-refractivity contribution in [3.8, 4) is 0 Å². The van der Waals surface area contributed by atoms with Gasteiger partial charge >= 0.3 is 0 Å². The molecular weight excluding hydrogens is 204 g/mol. The van der Waals surface area contributed by atoms with E-state index in [9.17, 15) is 8.78 Å². The summed E-state index contributed by atoms with van der Waals surface area (Å²) in [6, 6.07) is 0. The molecule has 1 heterocycles. The van der Waals surface area contributed by atoms with E-state index in [1.165, 1.54) is 11.7 Å². The monoisotopic (exact) mass is 219 g/mol. The van der Waals surface area contributed by atoms with Crippen LogP contribution in [-0.2, 0) is 11.1 Å². The first-order chi connectivity index (χ1) is 6.65. The molecule has 0 bridgehead atoms. The SMILES string of the molecule is CC(N)(c1nnn(C(C)(C)C)n1)C(F)F. The fourth-order valence-corrected chi connectivity index (χ4v) is 0.812. The first-order valence-electron chi connectivity index (χ1n) is 4.53. The Morgan fingerprint density at radius 1 is 1.27 bits per heavy atom. The number of hydrogen-bond acceptors (Lipinski definition) is 4. The zero-order valence-electron chi connectivity index (χ0n) is 9.20. The normalized spacial score (nSPS) is 16.8. The second kappa shape index (κ2) is 3.48. The fraction of sp³-hybridized carbons (Fsp3) is 0.875. The molecule has 0 aliphatic heterocycles. The van der Waals surface area contributed by atoms with Crippen LogP contribution in [0.5, 0.6) is 0 Å². The second-order valence-corrected chi connectivity index (χ2v) is 4.66. The summed E-state index contributed by atoms with van der Waals surface area (Å²) in [5.74, 6) is -0.146. The predicted octanol–water partition coefficient (Wildman–Crippen LogP) is 0.867. The van der Waals surface area contributed by atoms with Crippen molar-refractivity contribution in [1.29, 1.82) is 0 Å². The summed E-state index contributed by atoms with van der Waals surface area (Å²) in [4.78, 5) is 1.27. The minimum absolute atomic E-state index is 0.146. The highest BCUT2D eigenvalue weighted by atomic mass is 19.3. The highest BCUT2D eigenvalue weighted by Crippen LogP contribution is 2.22. The zero-order valence-corrected chi connectivity index (χ0v) is 9.20. The molecule has 1 unspecified atom stereocenters. The highest BCUT2D eigenvalue weighted by molar-refractivity contribution is 5.00. The molecular formula is C8H15F2N5. The molecule has 1 atom stereocenters. The van der Waals surface area contributed by atoms with Crippen LogP contribution in [0, 0.1) is 0 Å². The van der Waals surface area contributed by atoms with Crippen LogP contribution in [0.2, 0.25) is 0 Å². The molecule has 7 heteroatoms. The number of tetrazole rings is 1. The molecule has 0 amide bonds. The number of nitrogens with two attached hydrogens (primary N) is 1. The molecule has 0 fully saturated rings. The van der Waals surface area contributed by atoms with Gasteiger partial charge in [0, 0.05) is 0 Å². The second-order valence-electron chi connectivity index (χ2n) is 4.66. The Labute approximate surface area is 86.6 Å². The van der Waals surface area contributed by atoms with E-state index >= 15 is 0 Å². The van der Waals surface area contributed by atoms with E-state index in [2.05, 4.69) is 15.4 Å². The minimum atomic E-state index is -2.73. The van der Waals surface area contributed by atoms with Gasteiger partial charge in [-0.2, -0.15) is 4.80 Å². The molecule has 0 radical (unpaired) electrons. The van der Waals surface area contributed by atoms with Crippen LogP contribution in [0.1, 0.15) is 33.5 Å². The lowest BCUT2D eigenvalue weighted by atomic mass is 10.1. The lowest BCUT2D eigenvalue weighted by Gasteiger charge is -2.19. The number of halogens is 2. The summed E-state index contributed by atoms with van der Waals surface area (Å²) >= 11 is 0. The van der Waals surface area contributed by atoms with Gasteiger partial charge in [-0.25, -0.2) is 8.78 Å². The van der Waals surface area contributed by atoms with E-state index in [1.807, 2.05) is 20.8 Å². The molecule has 1 rings (SSSR count). The van der Waals surface area contributed by atoms with Crippen LogP contribution in [0.15, 0.2) is 0 Å². The quantitative estimate of drug-likeness (QED) is 0.801. The zero-order chi connectivity index (χ0) is 11.9. The lowest BCUT2D eigenvalue weighted by molar-refractivity contribution is 0.0571. The van der Waals surface area contributed by atoms with Gasteiger partial charge in [-0.05, 0) is 32.9 Å². The highest BCUT2D eigenvalue weighted by Gasteiger charge is 2.37. The van der Waals surface area contributed by atoms with Crippen molar-refractivity contribution in [1.82, 2.24) is 20.2 Å². The number of hydrogen-bond donors (Lipinski definition) is 1. The summed E-state index contributed by atoms with van der Waals surface area (Å²) < 4.78 is 25.1. The van der Waals surface area contributed by atoms with Crippen molar-refractivity contribution in [3.05, 3.63) is 5.82 Å². The molecule has 0 aliphatic carbocycles. The van der Waals surface area contributed by atoms with Gasteiger partial charge in [0.1, 0.15) is 5.54 Å². The van der Waals surface area contributed by atoms with Crippen molar-refractivity contribution in [2.24, 2.45) is 5.73 Å². The van der Waals surface area contributed by atoms with E-state index in [4.69, 9.17) is 5.73 Å². The molecule has 15 heavy (non-hydrogen) atoms. The lowest BCUT2D eigenvalue weighted by Crippen LogP contribution is -2.42. The molecule has 0 spiro atoms. The molecule has 5 nitrogen and oxygen atoms in total. The van der Waals surface area contributed by atoms with Gasteiger partial charge in [0.15, 0.2) is 5.82 Å². The Balaban J connectivity index is 3.04. The van der Waals surface area contributed by atoms with Crippen LogP contribution in [0.3, 0.4) is 0 Å². The average molecular weight is 219 g/mol. The van der Waals surface area contributed by atoms with Crippen molar-refractivity contribution >= 4 is 0 Å². The Hall–Kier alpha value is -1.11. The largest absolute Gasteiger partial charge is 0.314 e. The van der Waals surface area contributed by atoms with Gasteiger partial charge in [-0.1, -0.05) is 0 Å². The van der Waals surface area contributed by atoms with Crippen LogP contribution in [-0.4, -0.2) is 26.6 Å². The summed E-state index contributed by atoms with van der Waals surface area (Å²) in [5, 5.41) is 11.1. The molecule has 0 aliphatic rings. The van der Waals surface area contributed by atoms with Crippen LogP contribution in [0.4, 0.5) is 8.78 Å². The van der Waals surface area contributed by atoms with E-state index in [-0.39, 0.29) is 5.82 Å². The molecule has 2 N–H and O–H groups in total. The maximum Gasteiger partial charge on any atom is 0.263 e. The van der Waals surface area contributed by atoms with Crippen LogP contribution < -0.4 is 5.73 Å². The van der Waals surface area contributed by atoms with Crippen molar-refractivity contribution < 1.29 is 8.78 Å². The van der Waals surface area contributed by atoms with E-state index < -0.39 is 17.5 Å². The van der Waals surface area contributed by atoms with Crippen molar-refractivity contribution in [2.45, 2.75) is 45.2 Å². The van der Waals surface area contributed by atoms with E-state index in [1.54, 1.807) is 0 Å². The summed E-state index contributed by atoms with van der Waals surface area (Å²) in [5.41, 5.74) is 3.15. The van der Waals surface area contributed by atoms with Gasteiger partial charge in [0.2, 0.25) is 0 Å². The topological polar surface area (TPSA) is 69.6 Å². The molecule has 86 valence electrons. The summed E-state index contributed by atoms with van der Waals surface area (Å²) in [7, 11) is 0. The molecule has 0 saturated carbocycles. The Morgan fingerprint density at radius 2 is 1.80 bits per heavy atom. The van der Waals surface area contributed by atoms with Gasteiger partial charge in [0.05, 0.1) is 5.54 Å². The van der Waals surface area contributed by atoms with Gasteiger partial charge in [0.25, 0.3) is 6.43 Å². The summed E-state index contributed by atoms with van der Waals surface area (Å²) in [6.07, 6.45) is -2.73. The van der Waals surface area contributed by atoms with Gasteiger partial charge in [-0.15, -0.1) is 10.2 Å². The number of aromatic nitrogens is 4. The fourth-order valence-electron chi connectivity index (χ4n) is 0.812. The van der Waals surface area contributed by atoms with Crippen LogP contribution >= 0.6 is 0 Å². The Kier molecular flexibility index (Phi) is 2.77. The van der Waals surface area contributed by atoms with Crippen molar-refractivity contribution in [3.63, 3.8) is 0 Å². The van der Waals surface area contributed by atoms with E-state index in [0.717, 1.165) is 0 Å². The average Bonchev–Trinajstić information content (AvgIpc) is 2.50. The third kappa shape index (κ3) is 2.28.